The van der Waals surface area contributed by atoms with Gasteiger partial charge in [-0.3, -0.25) is 0 Å². The Balaban J connectivity index is 3.44. The third kappa shape index (κ3) is 16.4. The summed E-state index contributed by atoms with van der Waals surface area (Å²) in [6.07, 6.45) is 10.0. The lowest BCUT2D eigenvalue weighted by molar-refractivity contribution is -0.152. The van der Waals surface area contributed by atoms with Crippen molar-refractivity contribution in [1.82, 2.24) is 0 Å². The van der Waals surface area contributed by atoms with Crippen LogP contribution in [-0.2, 0) is 9.53 Å². The maximum absolute atomic E-state index is 12.3. The summed E-state index contributed by atoms with van der Waals surface area (Å²) in [4.78, 5) is 11.1. The van der Waals surface area contributed by atoms with E-state index in [-0.39, 0.29) is 6.61 Å². The molecule has 0 N–H and O–H groups in total. The molecule has 0 saturated heterocycles. The van der Waals surface area contributed by atoms with Crippen molar-refractivity contribution >= 4 is 5.97 Å². The van der Waals surface area contributed by atoms with Crippen LogP contribution in [0.5, 0.6) is 0 Å². The van der Waals surface area contributed by atoms with Crippen LogP contribution in [0.4, 0.5) is 22.0 Å². The summed E-state index contributed by atoms with van der Waals surface area (Å²) in [7, 11) is 0. The molecule has 0 aromatic rings. The molecular formula is C22H37F5O2. The molecule has 0 heterocycles. The number of halogens is 5. The molecule has 0 aliphatic heterocycles. The Labute approximate surface area is 172 Å². The molecule has 0 saturated carbocycles. The van der Waals surface area contributed by atoms with Crippen LogP contribution >= 0.6 is 0 Å². The summed E-state index contributed by atoms with van der Waals surface area (Å²) in [6, 6.07) is 0. The van der Waals surface area contributed by atoms with Crippen molar-refractivity contribution in [2.75, 3.05) is 6.61 Å². The Kier molecular flexibility index (Phi) is 17.0. The Hall–Kier alpha value is -1.14. The van der Waals surface area contributed by atoms with Crippen LogP contribution in [0, 0.1) is 0 Å². The summed E-state index contributed by atoms with van der Waals surface area (Å²) in [5, 5.41) is 0. The van der Waals surface area contributed by atoms with Crippen molar-refractivity contribution in [1.29, 1.82) is 0 Å². The quantitative estimate of drug-likeness (QED) is 0.0946. The maximum Gasteiger partial charge on any atom is 0.428 e. The van der Waals surface area contributed by atoms with Crippen molar-refractivity contribution in [2.24, 2.45) is 0 Å². The van der Waals surface area contributed by atoms with Gasteiger partial charge in [0, 0.05) is 0 Å². The highest BCUT2D eigenvalue weighted by molar-refractivity contribution is 5.90. The molecular weight excluding hydrogens is 391 g/mol. The van der Waals surface area contributed by atoms with E-state index < -0.39 is 23.8 Å². The number of hydrogen-bond donors (Lipinski definition) is 0. The SMILES string of the molecule is CCCCCCCCCCCCCCCCCCOC(=O)C(=C(F)F)C(F)(F)F. The molecule has 7 heteroatoms. The molecule has 0 unspecified atom stereocenters. The molecule has 0 bridgehead atoms. The third-order valence-electron chi connectivity index (χ3n) is 4.91. The summed E-state index contributed by atoms with van der Waals surface area (Å²) in [5.74, 6) is -2.00. The highest BCUT2D eigenvalue weighted by Crippen LogP contribution is 2.30. The second-order valence-electron chi connectivity index (χ2n) is 7.57. The van der Waals surface area contributed by atoms with E-state index in [1.807, 2.05) is 0 Å². The highest BCUT2D eigenvalue weighted by Gasteiger charge is 2.44. The summed E-state index contributed by atoms with van der Waals surface area (Å²) in [5.41, 5.74) is -2.51. The highest BCUT2D eigenvalue weighted by atomic mass is 19.4. The molecule has 0 rings (SSSR count). The van der Waals surface area contributed by atoms with Gasteiger partial charge in [0.05, 0.1) is 6.61 Å². The Morgan fingerprint density at radius 2 is 1.00 bits per heavy atom. The first-order chi connectivity index (χ1) is 13.8. The maximum atomic E-state index is 12.3. The van der Waals surface area contributed by atoms with Crippen LogP contribution in [0.2, 0.25) is 0 Å². The standard InChI is InChI=1S/C22H37F5O2/c1-2-3-4-5-6-7-8-9-10-11-12-13-14-15-16-17-18-29-21(28)19(20(23)24)22(25,26)27/h2-18H2,1H3. The summed E-state index contributed by atoms with van der Waals surface area (Å²) < 4.78 is 65.7. The first-order valence-electron chi connectivity index (χ1n) is 11.1. The Bertz CT molecular complexity index is 443. The molecule has 0 amide bonds. The normalized spacial score (nSPS) is 11.5. The number of alkyl halides is 3. The van der Waals surface area contributed by atoms with E-state index in [9.17, 15) is 26.7 Å². The minimum Gasteiger partial charge on any atom is -0.462 e. The van der Waals surface area contributed by atoms with E-state index >= 15 is 0 Å². The fourth-order valence-electron chi connectivity index (χ4n) is 3.19. The van der Waals surface area contributed by atoms with E-state index in [0.717, 1.165) is 19.3 Å². The minimum atomic E-state index is -5.40. The second-order valence-corrected chi connectivity index (χ2v) is 7.57. The Morgan fingerprint density at radius 1 is 0.655 bits per heavy atom. The molecule has 29 heavy (non-hydrogen) atoms. The average Bonchev–Trinajstić information content (AvgIpc) is 2.62. The lowest BCUT2D eigenvalue weighted by atomic mass is 10.0. The molecule has 0 spiro atoms. The number of carbonyl (C=O) groups excluding carboxylic acids is 1. The monoisotopic (exact) mass is 428 g/mol. The number of rotatable bonds is 18. The Morgan fingerprint density at radius 3 is 1.31 bits per heavy atom. The summed E-state index contributed by atoms with van der Waals surface area (Å²) in [6.45, 7) is 1.95. The number of ether oxygens (including phenoxy) is 1. The predicted octanol–water partition coefficient (Wildman–Crippen LogP) is 8.50. The summed E-state index contributed by atoms with van der Waals surface area (Å²) >= 11 is 0. The number of carbonyl (C=O) groups is 1. The largest absolute Gasteiger partial charge is 0.462 e. The van der Waals surface area contributed by atoms with Crippen LogP contribution in [0.25, 0.3) is 0 Å². The first-order valence-corrected chi connectivity index (χ1v) is 11.1. The smallest absolute Gasteiger partial charge is 0.428 e. The van der Waals surface area contributed by atoms with Gasteiger partial charge in [0.15, 0.2) is 0 Å². The van der Waals surface area contributed by atoms with Gasteiger partial charge in [0.1, 0.15) is 0 Å². The van der Waals surface area contributed by atoms with Crippen LogP contribution in [-0.4, -0.2) is 18.8 Å². The zero-order valence-corrected chi connectivity index (χ0v) is 17.7. The number of esters is 1. The van der Waals surface area contributed by atoms with Crippen LogP contribution < -0.4 is 0 Å². The van der Waals surface area contributed by atoms with Crippen molar-refractivity contribution in [2.45, 2.75) is 116 Å². The van der Waals surface area contributed by atoms with E-state index in [1.165, 1.54) is 70.6 Å². The lowest BCUT2D eigenvalue weighted by Gasteiger charge is -2.10. The molecule has 2 nitrogen and oxygen atoms in total. The molecule has 0 aliphatic carbocycles. The van der Waals surface area contributed by atoms with Gasteiger partial charge < -0.3 is 4.74 Å². The van der Waals surface area contributed by atoms with Crippen LogP contribution in [0.15, 0.2) is 11.7 Å². The molecule has 0 radical (unpaired) electrons. The predicted molar refractivity (Wildman–Crippen MR) is 106 cm³/mol. The van der Waals surface area contributed by atoms with E-state index in [2.05, 4.69) is 11.7 Å². The van der Waals surface area contributed by atoms with Gasteiger partial charge in [-0.2, -0.15) is 22.0 Å². The molecule has 172 valence electrons. The zero-order valence-electron chi connectivity index (χ0n) is 17.7. The molecule has 0 aromatic carbocycles. The second kappa shape index (κ2) is 17.7. The minimum absolute atomic E-state index is 0.274. The van der Waals surface area contributed by atoms with Crippen molar-refractivity contribution in [3.63, 3.8) is 0 Å². The van der Waals surface area contributed by atoms with Crippen molar-refractivity contribution < 1.29 is 31.5 Å². The van der Waals surface area contributed by atoms with E-state index in [1.54, 1.807) is 0 Å². The van der Waals surface area contributed by atoms with Gasteiger partial charge in [0.2, 0.25) is 5.57 Å². The third-order valence-corrected chi connectivity index (χ3v) is 4.91. The zero-order chi connectivity index (χ0) is 22.0. The van der Waals surface area contributed by atoms with Gasteiger partial charge in [-0.15, -0.1) is 0 Å². The van der Waals surface area contributed by atoms with Gasteiger partial charge in [-0.05, 0) is 6.42 Å². The molecule has 0 fully saturated rings. The lowest BCUT2D eigenvalue weighted by Crippen LogP contribution is -2.23. The van der Waals surface area contributed by atoms with Crippen LogP contribution in [0.3, 0.4) is 0 Å². The fraction of sp³-hybridized carbons (Fsp3) is 0.864. The van der Waals surface area contributed by atoms with Crippen molar-refractivity contribution in [3.8, 4) is 0 Å². The van der Waals surface area contributed by atoms with Crippen LogP contribution in [0.1, 0.15) is 110 Å². The number of unbranched alkanes of at least 4 members (excludes halogenated alkanes) is 15. The molecule has 0 atom stereocenters. The van der Waals surface area contributed by atoms with Gasteiger partial charge >= 0.3 is 12.1 Å². The van der Waals surface area contributed by atoms with E-state index in [4.69, 9.17) is 0 Å². The molecule has 0 aliphatic rings. The topological polar surface area (TPSA) is 26.3 Å². The average molecular weight is 429 g/mol. The number of hydrogen-bond acceptors (Lipinski definition) is 2. The van der Waals surface area contributed by atoms with Gasteiger partial charge in [0.25, 0.3) is 6.08 Å². The van der Waals surface area contributed by atoms with Gasteiger partial charge in [-0.25, -0.2) is 4.79 Å². The fourth-order valence-corrected chi connectivity index (χ4v) is 3.19. The molecule has 0 aromatic heterocycles. The van der Waals surface area contributed by atoms with Gasteiger partial charge in [-0.1, -0.05) is 103 Å². The van der Waals surface area contributed by atoms with Crippen molar-refractivity contribution in [3.05, 3.63) is 11.7 Å². The van der Waals surface area contributed by atoms with E-state index in [0.29, 0.717) is 12.8 Å². The first kappa shape index (κ1) is 27.9.